The topological polar surface area (TPSA) is 20.3 Å². The van der Waals surface area contributed by atoms with Crippen molar-refractivity contribution < 1.29 is 48.7 Å². The quantitative estimate of drug-likeness (QED) is 0.262. The van der Waals surface area contributed by atoms with Gasteiger partial charge in [-0.15, -0.1) is 0 Å². The minimum atomic E-state index is -5.09. The predicted molar refractivity (Wildman–Crippen MR) is 145 cm³/mol. The standard InChI is InChI=1S/C31H25F10NOS/c1-14(2)21-13-22(15(3)8-24(21)32)20-5-4-17(29(33,34)35)12-23(20)25-6-7-26-27(44-28(43)42(25)26)16-9-18(30(36,37)38)11-19(10-16)31(39,40)41/h4-5,8-14,25-27H,6-7H2,1-3H3/t25-,26-,27+/m0/s1. The maximum absolute atomic E-state index is 14.7. The summed E-state index contributed by atoms with van der Waals surface area (Å²) in [6.07, 6.45) is -14.7. The summed E-state index contributed by atoms with van der Waals surface area (Å²) in [5, 5.41) is -1.79. The lowest BCUT2D eigenvalue weighted by Crippen LogP contribution is -2.31. The molecule has 2 aliphatic rings. The van der Waals surface area contributed by atoms with E-state index in [0.29, 0.717) is 46.1 Å². The summed E-state index contributed by atoms with van der Waals surface area (Å²) < 4.78 is 138. The molecule has 0 N–H and O–H groups in total. The normalized spacial score (nSPS) is 21.0. The lowest BCUT2D eigenvalue weighted by molar-refractivity contribution is -0.143. The molecule has 2 nitrogen and oxygen atoms in total. The Morgan fingerprint density at radius 1 is 0.773 bits per heavy atom. The van der Waals surface area contributed by atoms with E-state index in [1.54, 1.807) is 26.8 Å². The molecule has 2 saturated heterocycles. The van der Waals surface area contributed by atoms with Gasteiger partial charge in [-0.25, -0.2) is 4.39 Å². The van der Waals surface area contributed by atoms with Crippen molar-refractivity contribution in [3.05, 3.63) is 93.3 Å². The molecule has 0 radical (unpaired) electrons. The number of benzene rings is 3. The second kappa shape index (κ2) is 11.0. The molecule has 0 unspecified atom stereocenters. The summed E-state index contributed by atoms with van der Waals surface area (Å²) in [6, 6.07) is 5.23. The third kappa shape index (κ3) is 5.91. The second-order valence-corrected chi connectivity index (χ2v) is 12.4. The van der Waals surface area contributed by atoms with Gasteiger partial charge in [-0.2, -0.15) is 39.5 Å². The van der Waals surface area contributed by atoms with E-state index in [0.717, 1.165) is 12.1 Å². The zero-order valence-electron chi connectivity index (χ0n) is 23.4. The van der Waals surface area contributed by atoms with Gasteiger partial charge in [0.05, 0.1) is 28.0 Å². The van der Waals surface area contributed by atoms with Gasteiger partial charge in [0.15, 0.2) is 0 Å². The Balaban J connectivity index is 1.62. The number of nitrogens with zero attached hydrogens (tertiary/aromatic N) is 1. The number of thioether (sulfide) groups is 1. The Kier molecular flexibility index (Phi) is 8.04. The van der Waals surface area contributed by atoms with Gasteiger partial charge in [-0.3, -0.25) is 4.79 Å². The molecule has 0 aromatic heterocycles. The van der Waals surface area contributed by atoms with E-state index < -0.39 is 63.6 Å². The van der Waals surface area contributed by atoms with E-state index in [2.05, 4.69) is 0 Å². The number of carbonyl (C=O) groups excluding carboxylic acids is 1. The van der Waals surface area contributed by atoms with E-state index in [9.17, 15) is 48.7 Å². The lowest BCUT2D eigenvalue weighted by atomic mass is 9.87. The molecular formula is C31H25F10NOS. The molecule has 3 atom stereocenters. The monoisotopic (exact) mass is 649 g/mol. The molecule has 1 amide bonds. The van der Waals surface area contributed by atoms with Crippen LogP contribution >= 0.6 is 11.8 Å². The third-order valence-electron chi connectivity index (χ3n) is 8.15. The summed E-state index contributed by atoms with van der Waals surface area (Å²) in [6.45, 7) is 5.11. The number of aryl methyl sites for hydroxylation is 1. The average molecular weight is 650 g/mol. The second-order valence-electron chi connectivity index (χ2n) is 11.4. The van der Waals surface area contributed by atoms with E-state index in [4.69, 9.17) is 0 Å². The molecule has 44 heavy (non-hydrogen) atoms. The number of carbonyl (C=O) groups is 1. The van der Waals surface area contributed by atoms with E-state index in [1.807, 2.05) is 0 Å². The van der Waals surface area contributed by atoms with Gasteiger partial charge in [0, 0.05) is 6.04 Å². The maximum atomic E-state index is 14.7. The molecule has 5 rings (SSSR count). The van der Waals surface area contributed by atoms with Crippen molar-refractivity contribution in [1.29, 1.82) is 0 Å². The van der Waals surface area contributed by atoms with Gasteiger partial charge in [-0.05, 0) is 102 Å². The van der Waals surface area contributed by atoms with Crippen LogP contribution < -0.4 is 0 Å². The van der Waals surface area contributed by atoms with Crippen molar-refractivity contribution in [2.24, 2.45) is 0 Å². The van der Waals surface area contributed by atoms with Gasteiger partial charge >= 0.3 is 18.5 Å². The molecule has 2 fully saturated rings. The van der Waals surface area contributed by atoms with Crippen molar-refractivity contribution >= 4 is 17.0 Å². The SMILES string of the molecule is Cc1cc(F)c(C(C)C)cc1-c1ccc(C(F)(F)F)cc1[C@@H]1CC[C@H]2[C@@H](c3cc(C(F)(F)F)cc(C(F)(F)F)c3)SC(=O)N12. The highest BCUT2D eigenvalue weighted by molar-refractivity contribution is 8.14. The summed E-state index contributed by atoms with van der Waals surface area (Å²) in [5.74, 6) is -0.738. The third-order valence-corrected chi connectivity index (χ3v) is 9.40. The van der Waals surface area contributed by atoms with Crippen LogP contribution in [0.15, 0.2) is 48.5 Å². The lowest BCUT2D eigenvalue weighted by Gasteiger charge is -2.28. The van der Waals surface area contributed by atoms with Gasteiger partial charge in [0.2, 0.25) is 0 Å². The van der Waals surface area contributed by atoms with Crippen LogP contribution in [0.5, 0.6) is 0 Å². The van der Waals surface area contributed by atoms with Crippen LogP contribution in [0.25, 0.3) is 11.1 Å². The van der Waals surface area contributed by atoms with Crippen molar-refractivity contribution in [3.63, 3.8) is 0 Å². The van der Waals surface area contributed by atoms with Crippen molar-refractivity contribution in [3.8, 4) is 11.1 Å². The van der Waals surface area contributed by atoms with Crippen LogP contribution in [0.1, 0.15) is 82.8 Å². The molecular weight excluding hydrogens is 624 g/mol. The van der Waals surface area contributed by atoms with Crippen LogP contribution in [0.4, 0.5) is 48.7 Å². The van der Waals surface area contributed by atoms with Crippen LogP contribution in [0, 0.1) is 12.7 Å². The highest BCUT2D eigenvalue weighted by Crippen LogP contribution is 2.56. The molecule has 2 heterocycles. The van der Waals surface area contributed by atoms with Crippen molar-refractivity contribution in [2.45, 2.75) is 75.4 Å². The van der Waals surface area contributed by atoms with Gasteiger partial charge in [-0.1, -0.05) is 31.7 Å². The highest BCUT2D eigenvalue weighted by Gasteiger charge is 2.51. The molecule has 0 bridgehead atoms. The van der Waals surface area contributed by atoms with Crippen LogP contribution in [-0.4, -0.2) is 16.2 Å². The number of rotatable bonds is 4. The highest BCUT2D eigenvalue weighted by atomic mass is 32.2. The average Bonchev–Trinajstić information content (AvgIpc) is 3.48. The van der Waals surface area contributed by atoms with Gasteiger partial charge < -0.3 is 4.90 Å². The number of alkyl halides is 9. The maximum Gasteiger partial charge on any atom is 0.416 e. The first-order valence-corrected chi connectivity index (χ1v) is 14.4. The number of halogens is 10. The van der Waals surface area contributed by atoms with Crippen molar-refractivity contribution in [2.75, 3.05) is 0 Å². The minimum absolute atomic E-state index is 0.00547. The number of hydrogen-bond acceptors (Lipinski definition) is 2. The Hall–Kier alpha value is -3.22. The zero-order valence-corrected chi connectivity index (χ0v) is 24.2. The molecule has 2 aliphatic heterocycles. The first-order valence-electron chi connectivity index (χ1n) is 13.6. The van der Waals surface area contributed by atoms with Crippen LogP contribution in [-0.2, 0) is 18.5 Å². The van der Waals surface area contributed by atoms with Crippen molar-refractivity contribution in [1.82, 2.24) is 4.90 Å². The number of fused-ring (bicyclic) bond motifs is 1. The Morgan fingerprint density at radius 2 is 1.36 bits per heavy atom. The number of hydrogen-bond donors (Lipinski definition) is 0. The van der Waals surface area contributed by atoms with E-state index in [-0.39, 0.29) is 36.0 Å². The van der Waals surface area contributed by atoms with E-state index in [1.165, 1.54) is 17.0 Å². The van der Waals surface area contributed by atoms with Crippen LogP contribution in [0.3, 0.4) is 0 Å². The fraction of sp³-hybridized carbons (Fsp3) is 0.387. The van der Waals surface area contributed by atoms with Gasteiger partial charge in [0.25, 0.3) is 5.24 Å². The van der Waals surface area contributed by atoms with Gasteiger partial charge in [0.1, 0.15) is 5.82 Å². The molecule has 3 aromatic carbocycles. The van der Waals surface area contributed by atoms with Crippen LogP contribution in [0.2, 0.25) is 0 Å². The molecule has 3 aromatic rings. The summed E-state index contributed by atoms with van der Waals surface area (Å²) in [5.41, 5.74) is -2.72. The number of amides is 1. The summed E-state index contributed by atoms with van der Waals surface area (Å²) in [7, 11) is 0. The Labute approximate surface area is 250 Å². The predicted octanol–water partition coefficient (Wildman–Crippen LogP) is 11.1. The van der Waals surface area contributed by atoms with E-state index >= 15 is 0 Å². The fourth-order valence-electron chi connectivity index (χ4n) is 6.07. The Morgan fingerprint density at radius 3 is 1.91 bits per heavy atom. The zero-order chi connectivity index (χ0) is 32.5. The summed E-state index contributed by atoms with van der Waals surface area (Å²) >= 11 is 0.551. The Bertz CT molecular complexity index is 1580. The first-order chi connectivity index (χ1) is 20.3. The minimum Gasteiger partial charge on any atom is -0.322 e. The molecule has 13 heteroatoms. The molecule has 0 spiro atoms. The smallest absolute Gasteiger partial charge is 0.322 e. The molecule has 236 valence electrons. The molecule has 0 saturated carbocycles. The summed E-state index contributed by atoms with van der Waals surface area (Å²) in [4.78, 5) is 14.6. The molecule has 0 aliphatic carbocycles. The fourth-order valence-corrected chi connectivity index (χ4v) is 7.36. The first kappa shape index (κ1) is 32.2. The largest absolute Gasteiger partial charge is 0.416 e.